The fraction of sp³-hybridized carbons (Fsp3) is 0.273. The predicted octanol–water partition coefficient (Wildman–Crippen LogP) is 4.62. The molecule has 0 spiro atoms. The number of carbonyl (C=O) groups excluding carboxylic acids is 1. The van der Waals surface area contributed by atoms with Gasteiger partial charge in [0.25, 0.3) is 5.91 Å². The first-order valence-electron chi connectivity index (χ1n) is 9.80. The van der Waals surface area contributed by atoms with Crippen LogP contribution in [0, 0.1) is 11.3 Å². The van der Waals surface area contributed by atoms with Gasteiger partial charge in [0.1, 0.15) is 22.4 Å². The SMILES string of the molecule is CCCCc1nnc(NC(=O)/C(C#N)=C\c2cccn2-c2ccc(OCC)cc2)s1. The smallest absolute Gasteiger partial charge is 0.268 e. The number of nitriles is 1. The summed E-state index contributed by atoms with van der Waals surface area (Å²) in [6.07, 6.45) is 6.36. The normalized spacial score (nSPS) is 11.2. The van der Waals surface area contributed by atoms with E-state index in [-0.39, 0.29) is 5.57 Å². The lowest BCUT2D eigenvalue weighted by Crippen LogP contribution is -2.13. The van der Waals surface area contributed by atoms with E-state index in [0.717, 1.165) is 35.7 Å². The van der Waals surface area contributed by atoms with Crippen LogP contribution in [0.25, 0.3) is 11.8 Å². The summed E-state index contributed by atoms with van der Waals surface area (Å²) in [5.74, 6) is 0.285. The number of aryl methyl sites for hydroxylation is 1. The van der Waals surface area contributed by atoms with Gasteiger partial charge in [-0.25, -0.2) is 0 Å². The highest BCUT2D eigenvalue weighted by molar-refractivity contribution is 7.15. The zero-order chi connectivity index (χ0) is 21.3. The lowest BCUT2D eigenvalue weighted by molar-refractivity contribution is -0.112. The minimum Gasteiger partial charge on any atom is -0.494 e. The number of unbranched alkanes of at least 4 members (excludes halogenated alkanes) is 1. The molecule has 1 amide bonds. The largest absolute Gasteiger partial charge is 0.494 e. The Hall–Kier alpha value is -3.44. The molecule has 30 heavy (non-hydrogen) atoms. The summed E-state index contributed by atoms with van der Waals surface area (Å²) >= 11 is 1.33. The van der Waals surface area contributed by atoms with E-state index in [2.05, 4.69) is 22.4 Å². The molecule has 0 aliphatic rings. The molecule has 1 N–H and O–H groups in total. The molecule has 0 saturated carbocycles. The second-order valence-electron chi connectivity index (χ2n) is 6.46. The van der Waals surface area contributed by atoms with Crippen LogP contribution in [0.3, 0.4) is 0 Å². The minimum atomic E-state index is -0.505. The number of nitrogens with zero attached hydrogens (tertiary/aromatic N) is 4. The number of benzene rings is 1. The lowest BCUT2D eigenvalue weighted by Gasteiger charge is -2.09. The number of nitrogens with one attached hydrogen (secondary N) is 1. The Balaban J connectivity index is 1.76. The molecular weight excluding hydrogens is 398 g/mol. The maximum atomic E-state index is 12.6. The van der Waals surface area contributed by atoms with Crippen LogP contribution in [0.4, 0.5) is 5.13 Å². The van der Waals surface area contributed by atoms with Crippen molar-refractivity contribution >= 4 is 28.5 Å². The van der Waals surface area contributed by atoms with Crippen LogP contribution in [0.1, 0.15) is 37.4 Å². The number of anilines is 1. The Morgan fingerprint density at radius 1 is 1.27 bits per heavy atom. The van der Waals surface area contributed by atoms with Crippen LogP contribution in [0.5, 0.6) is 5.75 Å². The predicted molar refractivity (Wildman–Crippen MR) is 118 cm³/mol. The molecule has 0 unspecified atom stereocenters. The van der Waals surface area contributed by atoms with E-state index in [9.17, 15) is 10.1 Å². The van der Waals surface area contributed by atoms with Gasteiger partial charge in [0.2, 0.25) is 5.13 Å². The molecule has 0 atom stereocenters. The highest BCUT2D eigenvalue weighted by atomic mass is 32.1. The maximum absolute atomic E-state index is 12.6. The second-order valence-corrected chi connectivity index (χ2v) is 7.52. The van der Waals surface area contributed by atoms with Gasteiger partial charge in [-0.2, -0.15) is 5.26 Å². The van der Waals surface area contributed by atoms with Crippen molar-refractivity contribution in [3.05, 3.63) is 58.9 Å². The number of rotatable bonds is 9. The minimum absolute atomic E-state index is 0.00815. The third kappa shape index (κ3) is 5.33. The standard InChI is InChI=1S/C22H23N5O2S/c1-3-5-8-20-25-26-22(30-20)24-21(28)16(15-23)14-18-7-6-13-27(18)17-9-11-19(12-10-17)29-4-2/h6-7,9-14H,3-5,8H2,1-2H3,(H,24,26,28)/b16-14-. The number of carbonyl (C=O) groups is 1. The molecule has 0 saturated heterocycles. The monoisotopic (exact) mass is 421 g/mol. The molecular formula is C22H23N5O2S. The van der Waals surface area contributed by atoms with Crippen molar-refractivity contribution in [2.75, 3.05) is 11.9 Å². The quantitative estimate of drug-likeness (QED) is 0.402. The van der Waals surface area contributed by atoms with Crippen LogP contribution in [0.2, 0.25) is 0 Å². The van der Waals surface area contributed by atoms with Crippen LogP contribution < -0.4 is 10.1 Å². The molecule has 154 valence electrons. The van der Waals surface area contributed by atoms with Crippen LogP contribution in [-0.2, 0) is 11.2 Å². The zero-order valence-electron chi connectivity index (χ0n) is 17.0. The third-order valence-electron chi connectivity index (χ3n) is 4.29. The van der Waals surface area contributed by atoms with Crippen molar-refractivity contribution in [2.24, 2.45) is 0 Å². The molecule has 7 nitrogen and oxygen atoms in total. The van der Waals surface area contributed by atoms with Gasteiger partial charge >= 0.3 is 0 Å². The van der Waals surface area contributed by atoms with E-state index < -0.39 is 5.91 Å². The van der Waals surface area contributed by atoms with Crippen LogP contribution in [0.15, 0.2) is 48.2 Å². The first-order valence-corrected chi connectivity index (χ1v) is 10.6. The molecule has 0 radical (unpaired) electrons. The summed E-state index contributed by atoms with van der Waals surface area (Å²) < 4.78 is 7.37. The Labute approximate surface area is 179 Å². The second kappa shape index (κ2) is 10.4. The number of hydrogen-bond acceptors (Lipinski definition) is 6. The molecule has 2 aromatic heterocycles. The molecule has 3 aromatic rings. The first-order chi connectivity index (χ1) is 14.6. The molecule has 8 heteroatoms. The number of amides is 1. The van der Waals surface area contributed by atoms with Crippen molar-refractivity contribution in [3.63, 3.8) is 0 Å². The van der Waals surface area contributed by atoms with Crippen molar-refractivity contribution in [2.45, 2.75) is 33.1 Å². The van der Waals surface area contributed by atoms with E-state index in [1.54, 1.807) is 6.08 Å². The summed E-state index contributed by atoms with van der Waals surface area (Å²) in [7, 11) is 0. The van der Waals surface area contributed by atoms with Gasteiger partial charge in [0.15, 0.2) is 0 Å². The maximum Gasteiger partial charge on any atom is 0.268 e. The van der Waals surface area contributed by atoms with E-state index in [1.807, 2.05) is 60.2 Å². The van der Waals surface area contributed by atoms with E-state index in [0.29, 0.717) is 17.4 Å². The average molecular weight is 422 g/mol. The van der Waals surface area contributed by atoms with Gasteiger partial charge in [-0.05, 0) is 55.8 Å². The Bertz CT molecular complexity index is 1060. The zero-order valence-corrected chi connectivity index (χ0v) is 17.8. The molecule has 2 heterocycles. The summed E-state index contributed by atoms with van der Waals surface area (Å²) in [5, 5.41) is 21.5. The molecule has 0 aliphatic carbocycles. The molecule has 0 bridgehead atoms. The highest BCUT2D eigenvalue weighted by Gasteiger charge is 2.14. The van der Waals surface area contributed by atoms with E-state index >= 15 is 0 Å². The number of ether oxygens (including phenoxy) is 1. The van der Waals surface area contributed by atoms with Crippen molar-refractivity contribution in [3.8, 4) is 17.5 Å². The Morgan fingerprint density at radius 2 is 2.07 bits per heavy atom. The van der Waals surface area contributed by atoms with Crippen molar-refractivity contribution < 1.29 is 9.53 Å². The van der Waals surface area contributed by atoms with E-state index in [4.69, 9.17) is 4.74 Å². The fourth-order valence-corrected chi connectivity index (χ4v) is 3.59. The average Bonchev–Trinajstić information content (AvgIpc) is 3.40. The topological polar surface area (TPSA) is 92.8 Å². The number of aromatic nitrogens is 3. The van der Waals surface area contributed by atoms with Crippen LogP contribution in [-0.4, -0.2) is 27.3 Å². The van der Waals surface area contributed by atoms with Gasteiger partial charge in [-0.3, -0.25) is 10.1 Å². The van der Waals surface area contributed by atoms with Gasteiger partial charge in [0, 0.05) is 24.0 Å². The summed E-state index contributed by atoms with van der Waals surface area (Å²) in [5.41, 5.74) is 1.61. The molecule has 3 rings (SSSR count). The van der Waals surface area contributed by atoms with Crippen molar-refractivity contribution in [1.29, 1.82) is 5.26 Å². The Morgan fingerprint density at radius 3 is 2.77 bits per heavy atom. The van der Waals surface area contributed by atoms with E-state index in [1.165, 1.54) is 11.3 Å². The van der Waals surface area contributed by atoms with Gasteiger partial charge in [0.05, 0.1) is 6.61 Å². The first kappa shape index (κ1) is 21.3. The summed E-state index contributed by atoms with van der Waals surface area (Å²) in [6, 6.07) is 13.3. The fourth-order valence-electron chi connectivity index (χ4n) is 2.81. The molecule has 0 fully saturated rings. The lowest BCUT2D eigenvalue weighted by atomic mass is 10.2. The van der Waals surface area contributed by atoms with Crippen molar-refractivity contribution in [1.82, 2.24) is 14.8 Å². The Kier molecular flexibility index (Phi) is 7.35. The highest BCUT2D eigenvalue weighted by Crippen LogP contribution is 2.21. The molecule has 0 aliphatic heterocycles. The third-order valence-corrected chi connectivity index (χ3v) is 5.19. The van der Waals surface area contributed by atoms with Gasteiger partial charge in [-0.1, -0.05) is 24.7 Å². The molecule has 1 aromatic carbocycles. The number of hydrogen-bond donors (Lipinski definition) is 1. The van der Waals surface area contributed by atoms with Crippen LogP contribution >= 0.6 is 11.3 Å². The summed E-state index contributed by atoms with van der Waals surface area (Å²) in [4.78, 5) is 12.6. The van der Waals surface area contributed by atoms with Gasteiger partial charge < -0.3 is 9.30 Å². The summed E-state index contributed by atoms with van der Waals surface area (Å²) in [6.45, 7) is 4.65. The van der Waals surface area contributed by atoms with Gasteiger partial charge in [-0.15, -0.1) is 10.2 Å².